The second kappa shape index (κ2) is 8.52. The minimum absolute atomic E-state index is 0.188. The Labute approximate surface area is 185 Å². The summed E-state index contributed by atoms with van der Waals surface area (Å²) in [5.41, 5.74) is 1.26. The Morgan fingerprint density at radius 2 is 0.968 bits per heavy atom. The summed E-state index contributed by atoms with van der Waals surface area (Å²) in [5, 5.41) is 3.00. The summed E-state index contributed by atoms with van der Waals surface area (Å²) in [4.78, 5) is 0. The van der Waals surface area contributed by atoms with Crippen LogP contribution in [0.15, 0.2) is 127 Å². The number of rotatable bonds is 5. The summed E-state index contributed by atoms with van der Waals surface area (Å²) in [6.45, 7) is 0. The van der Waals surface area contributed by atoms with E-state index in [2.05, 4.69) is 109 Å². The van der Waals surface area contributed by atoms with E-state index in [1.807, 2.05) is 6.07 Å². The van der Waals surface area contributed by atoms with Crippen LogP contribution < -0.4 is 13.2 Å². The van der Waals surface area contributed by atoms with E-state index in [4.69, 9.17) is 0 Å². The van der Waals surface area contributed by atoms with Gasteiger partial charge in [0.15, 0.2) is 0 Å². The Balaban J connectivity index is 1.76. The van der Waals surface area contributed by atoms with Gasteiger partial charge in [0.05, 0.1) is 0 Å². The van der Waals surface area contributed by atoms with Gasteiger partial charge < -0.3 is 0 Å². The van der Waals surface area contributed by atoms with Crippen molar-refractivity contribution in [2.45, 2.75) is 5.25 Å². The van der Waals surface area contributed by atoms with Gasteiger partial charge in [0.2, 0.25) is 0 Å². The van der Waals surface area contributed by atoms with Gasteiger partial charge in [0.25, 0.3) is 0 Å². The van der Waals surface area contributed by atoms with E-state index in [-0.39, 0.29) is 5.82 Å². The molecule has 0 amide bonds. The predicted molar refractivity (Wildman–Crippen MR) is 132 cm³/mol. The fourth-order valence-electron chi connectivity index (χ4n) is 4.66. The van der Waals surface area contributed by atoms with Gasteiger partial charge in [-0.3, -0.25) is 0 Å². The Kier molecular flexibility index (Phi) is 5.44. The molecule has 0 N–H and O–H groups in total. The summed E-state index contributed by atoms with van der Waals surface area (Å²) < 4.78 is 18.2. The molecule has 0 unspecified atom stereocenters. The summed E-state index contributed by atoms with van der Waals surface area (Å²) >= 11 is -3.06. The molecular formula is C29H23FGe. The third-order valence-corrected chi connectivity index (χ3v) is 16.4. The van der Waals surface area contributed by atoms with Crippen LogP contribution in [0.3, 0.4) is 0 Å². The summed E-state index contributed by atoms with van der Waals surface area (Å²) in [6.07, 6.45) is 0. The first-order chi connectivity index (χ1) is 15.3. The normalized spacial score (nSPS) is 11.5. The van der Waals surface area contributed by atoms with Crippen molar-refractivity contribution in [2.24, 2.45) is 0 Å². The Morgan fingerprint density at radius 1 is 0.484 bits per heavy atom. The second-order valence-corrected chi connectivity index (χ2v) is 16.2. The van der Waals surface area contributed by atoms with Crippen LogP contribution in [0.25, 0.3) is 10.8 Å². The van der Waals surface area contributed by atoms with Crippen LogP contribution in [-0.4, -0.2) is 13.3 Å². The summed E-state index contributed by atoms with van der Waals surface area (Å²) in [5.74, 6) is -0.188. The Bertz CT molecular complexity index is 1200. The topological polar surface area (TPSA) is 0 Å². The van der Waals surface area contributed by atoms with E-state index >= 15 is 0 Å². The van der Waals surface area contributed by atoms with Crippen LogP contribution >= 0.6 is 0 Å². The molecule has 0 nitrogen and oxygen atoms in total. The number of fused-ring (bicyclic) bond motifs is 1. The molecular weight excluding hydrogens is 440 g/mol. The zero-order valence-corrected chi connectivity index (χ0v) is 19.3. The molecule has 5 aromatic carbocycles. The molecule has 0 aliphatic carbocycles. The van der Waals surface area contributed by atoms with Crippen molar-refractivity contribution in [3.8, 4) is 0 Å². The standard InChI is InChI=1S/C29H23FGe/c30-26-19-18-24-17-16-23(20-25(24)21-26)22-31(27-10-4-1-5-11-27,28-12-6-2-7-13-28)29-14-8-3-9-15-29/h1-21H,22H2. The molecule has 5 aromatic rings. The van der Waals surface area contributed by atoms with Crippen molar-refractivity contribution in [1.82, 2.24) is 0 Å². The molecule has 0 saturated carbocycles. The molecule has 0 aliphatic rings. The number of hydrogen-bond acceptors (Lipinski definition) is 0. The molecule has 0 aromatic heterocycles. The number of hydrogen-bond donors (Lipinski definition) is 0. The first-order valence-corrected chi connectivity index (χ1v) is 15.2. The first kappa shape index (κ1) is 19.8. The molecule has 0 spiro atoms. The quantitative estimate of drug-likeness (QED) is 0.314. The van der Waals surface area contributed by atoms with Crippen LogP contribution in [0.2, 0.25) is 0 Å². The predicted octanol–water partition coefficient (Wildman–Crippen LogP) is 5.23. The van der Waals surface area contributed by atoms with E-state index in [9.17, 15) is 4.39 Å². The van der Waals surface area contributed by atoms with Gasteiger partial charge in [-0.2, -0.15) is 0 Å². The maximum atomic E-state index is 13.9. The molecule has 0 heterocycles. The molecule has 0 atom stereocenters. The molecule has 150 valence electrons. The van der Waals surface area contributed by atoms with Gasteiger partial charge >= 0.3 is 186 Å². The third-order valence-electron chi connectivity index (χ3n) is 6.14. The van der Waals surface area contributed by atoms with Gasteiger partial charge in [-0.25, -0.2) is 0 Å². The fourth-order valence-corrected chi connectivity index (χ4v) is 14.6. The number of halogens is 1. The zero-order chi connectivity index (χ0) is 21.1. The van der Waals surface area contributed by atoms with E-state index < -0.39 is 13.3 Å². The van der Waals surface area contributed by atoms with Crippen LogP contribution in [0, 0.1) is 5.82 Å². The first-order valence-electron chi connectivity index (χ1n) is 10.6. The number of benzene rings is 5. The molecule has 0 aliphatic heterocycles. The molecule has 0 saturated heterocycles. The van der Waals surface area contributed by atoms with Crippen molar-refractivity contribution < 1.29 is 4.39 Å². The third kappa shape index (κ3) is 3.82. The van der Waals surface area contributed by atoms with E-state index in [0.29, 0.717) is 0 Å². The van der Waals surface area contributed by atoms with Crippen molar-refractivity contribution in [2.75, 3.05) is 0 Å². The molecule has 0 bridgehead atoms. The van der Waals surface area contributed by atoms with E-state index in [0.717, 1.165) is 16.0 Å². The van der Waals surface area contributed by atoms with Gasteiger partial charge in [-0.15, -0.1) is 0 Å². The van der Waals surface area contributed by atoms with Crippen LogP contribution in [0.4, 0.5) is 4.39 Å². The van der Waals surface area contributed by atoms with Crippen molar-refractivity contribution >= 4 is 37.2 Å². The van der Waals surface area contributed by atoms with Crippen molar-refractivity contribution in [3.63, 3.8) is 0 Å². The van der Waals surface area contributed by atoms with Gasteiger partial charge in [0.1, 0.15) is 0 Å². The Morgan fingerprint density at radius 3 is 1.48 bits per heavy atom. The minimum atomic E-state index is -3.06. The maximum absolute atomic E-state index is 13.9. The second-order valence-electron chi connectivity index (χ2n) is 8.01. The average molecular weight is 463 g/mol. The van der Waals surface area contributed by atoms with Gasteiger partial charge in [-0.1, -0.05) is 0 Å². The van der Waals surface area contributed by atoms with Crippen molar-refractivity contribution in [3.05, 3.63) is 139 Å². The summed E-state index contributed by atoms with van der Waals surface area (Å²) in [6, 6.07) is 44.5. The SMILES string of the molecule is Fc1ccc2ccc([CH2][Ge]([c]3ccccc3)([c]3ccccc3)[c]3ccccc3)cc2c1. The van der Waals surface area contributed by atoms with Crippen LogP contribution in [-0.2, 0) is 5.25 Å². The van der Waals surface area contributed by atoms with Gasteiger partial charge in [-0.05, 0) is 0 Å². The van der Waals surface area contributed by atoms with Crippen LogP contribution in [0.1, 0.15) is 5.56 Å². The van der Waals surface area contributed by atoms with Gasteiger partial charge in [0, 0.05) is 0 Å². The van der Waals surface area contributed by atoms with Crippen molar-refractivity contribution in [1.29, 1.82) is 0 Å². The monoisotopic (exact) mass is 464 g/mol. The van der Waals surface area contributed by atoms with E-state index in [1.54, 1.807) is 6.07 Å². The molecule has 31 heavy (non-hydrogen) atoms. The molecule has 5 rings (SSSR count). The summed E-state index contributed by atoms with van der Waals surface area (Å²) in [7, 11) is 0. The Hall–Kier alpha value is -3.17. The van der Waals surface area contributed by atoms with E-state index in [1.165, 1.54) is 24.8 Å². The molecule has 0 radical (unpaired) electrons. The molecule has 0 fully saturated rings. The average Bonchev–Trinajstić information content (AvgIpc) is 2.84. The molecule has 2 heteroatoms. The van der Waals surface area contributed by atoms with Crippen LogP contribution in [0.5, 0.6) is 0 Å². The zero-order valence-electron chi connectivity index (χ0n) is 17.2. The fraction of sp³-hybridized carbons (Fsp3) is 0.0345.